The number of carbonyl (C=O) groups excluding carboxylic acids is 1. The molecule has 0 bridgehead atoms. The van der Waals surface area contributed by atoms with Gasteiger partial charge in [0.1, 0.15) is 0 Å². The highest BCUT2D eigenvalue weighted by molar-refractivity contribution is 6.07. The van der Waals surface area contributed by atoms with E-state index in [4.69, 9.17) is 0 Å². The van der Waals surface area contributed by atoms with E-state index in [2.05, 4.69) is 19.9 Å². The number of aromatic nitrogens is 3. The molecule has 0 atom stereocenters. The first-order chi connectivity index (χ1) is 14.6. The summed E-state index contributed by atoms with van der Waals surface area (Å²) in [5.41, 5.74) is 3.06. The van der Waals surface area contributed by atoms with Gasteiger partial charge in [0, 0.05) is 55.4 Å². The van der Waals surface area contributed by atoms with Crippen LogP contribution in [0.5, 0.6) is 0 Å². The molecule has 0 saturated carbocycles. The average molecular weight is 404 g/mol. The Bertz CT molecular complexity index is 1230. The van der Waals surface area contributed by atoms with Gasteiger partial charge < -0.3 is 19.8 Å². The summed E-state index contributed by atoms with van der Waals surface area (Å²) in [6.07, 6.45) is 2.45. The van der Waals surface area contributed by atoms with Crippen molar-refractivity contribution in [2.24, 2.45) is 0 Å². The zero-order chi connectivity index (χ0) is 20.7. The number of benzene rings is 2. The molecule has 4 aromatic rings. The van der Waals surface area contributed by atoms with Crippen molar-refractivity contribution >= 4 is 39.5 Å². The second-order valence-electron chi connectivity index (χ2n) is 7.40. The maximum Gasteiger partial charge on any atom is 0.270 e. The number of rotatable bonds is 3. The quantitative estimate of drug-likeness (QED) is 0.402. The third kappa shape index (κ3) is 3.14. The fourth-order valence-electron chi connectivity index (χ4n) is 3.99. The Morgan fingerprint density at radius 3 is 2.77 bits per heavy atom. The van der Waals surface area contributed by atoms with Gasteiger partial charge in [0.05, 0.1) is 21.5 Å². The summed E-state index contributed by atoms with van der Waals surface area (Å²) in [7, 11) is 0. The molecule has 5 rings (SSSR count). The molecule has 0 radical (unpaired) electrons. The van der Waals surface area contributed by atoms with E-state index in [1.807, 2.05) is 29.2 Å². The number of para-hydroxylation sites is 2. The molecule has 1 aliphatic rings. The van der Waals surface area contributed by atoms with Crippen molar-refractivity contribution in [1.82, 2.24) is 19.9 Å². The number of imidazole rings is 1. The van der Waals surface area contributed by atoms with Gasteiger partial charge in [-0.2, -0.15) is 0 Å². The molecule has 2 aromatic heterocycles. The van der Waals surface area contributed by atoms with Crippen LogP contribution in [-0.2, 0) is 0 Å². The molecular weight excluding hydrogens is 384 g/mol. The summed E-state index contributed by atoms with van der Waals surface area (Å²) < 4.78 is 0. The minimum absolute atomic E-state index is 0.0249. The van der Waals surface area contributed by atoms with Crippen molar-refractivity contribution in [2.45, 2.75) is 6.42 Å². The molecule has 3 heterocycles. The van der Waals surface area contributed by atoms with Crippen LogP contribution in [0.25, 0.3) is 21.9 Å². The highest BCUT2D eigenvalue weighted by atomic mass is 16.6. The topological polar surface area (TPSA) is 111 Å². The second kappa shape index (κ2) is 7.18. The lowest BCUT2D eigenvalue weighted by Gasteiger charge is -2.21. The molecule has 1 aliphatic heterocycles. The molecule has 0 aliphatic carbocycles. The largest absolute Gasteiger partial charge is 0.360 e. The number of nitrogens with zero attached hydrogens (tertiary/aromatic N) is 4. The number of fused-ring (bicyclic) bond motifs is 2. The number of anilines is 1. The molecule has 9 nitrogen and oxygen atoms in total. The van der Waals surface area contributed by atoms with Crippen LogP contribution in [0.15, 0.2) is 48.7 Å². The minimum atomic E-state index is -0.447. The van der Waals surface area contributed by atoms with E-state index >= 15 is 0 Å². The van der Waals surface area contributed by atoms with E-state index in [1.54, 1.807) is 12.3 Å². The number of hydrogen-bond acceptors (Lipinski definition) is 5. The number of non-ortho nitro benzene ring substituents is 1. The Morgan fingerprint density at radius 1 is 1.07 bits per heavy atom. The SMILES string of the molecule is O=C(c1c[nH]c2ccc([N+](=O)[O-])cc12)N1CCCN(c2nc3ccccc3[nH]2)CC1. The summed E-state index contributed by atoms with van der Waals surface area (Å²) >= 11 is 0. The van der Waals surface area contributed by atoms with Crippen molar-refractivity contribution < 1.29 is 9.72 Å². The van der Waals surface area contributed by atoms with E-state index in [0.29, 0.717) is 36.1 Å². The molecule has 1 saturated heterocycles. The van der Waals surface area contributed by atoms with Gasteiger partial charge in [0.2, 0.25) is 5.95 Å². The minimum Gasteiger partial charge on any atom is -0.360 e. The number of carbonyl (C=O) groups is 1. The molecule has 0 spiro atoms. The maximum absolute atomic E-state index is 13.2. The number of H-pyrrole nitrogens is 2. The van der Waals surface area contributed by atoms with Crippen LogP contribution in [-0.4, -0.2) is 56.9 Å². The van der Waals surface area contributed by atoms with E-state index in [-0.39, 0.29) is 11.6 Å². The van der Waals surface area contributed by atoms with Crippen molar-refractivity contribution in [1.29, 1.82) is 0 Å². The number of nitro groups is 1. The molecule has 1 fully saturated rings. The zero-order valence-electron chi connectivity index (χ0n) is 16.2. The van der Waals surface area contributed by atoms with Gasteiger partial charge in [0.25, 0.3) is 11.6 Å². The molecule has 9 heteroatoms. The standard InChI is InChI=1S/C21H20N6O3/c28-20(16-13-22-17-7-6-14(27(29)30)12-15(16)17)25-8-3-9-26(11-10-25)21-23-18-4-1-2-5-19(18)24-21/h1-2,4-7,12-13,22H,3,8-11H2,(H,23,24). The van der Waals surface area contributed by atoms with Gasteiger partial charge in [-0.3, -0.25) is 14.9 Å². The first kappa shape index (κ1) is 18.2. The first-order valence-electron chi connectivity index (χ1n) is 9.84. The Balaban J connectivity index is 1.36. The maximum atomic E-state index is 13.2. The first-order valence-corrected chi connectivity index (χ1v) is 9.84. The number of aromatic amines is 2. The second-order valence-corrected chi connectivity index (χ2v) is 7.40. The number of hydrogen-bond donors (Lipinski definition) is 2. The highest BCUT2D eigenvalue weighted by Gasteiger charge is 2.24. The number of nitrogens with one attached hydrogen (secondary N) is 2. The van der Waals surface area contributed by atoms with Gasteiger partial charge >= 0.3 is 0 Å². The Labute approximate surface area is 171 Å². The molecule has 1 amide bonds. The van der Waals surface area contributed by atoms with Crippen molar-refractivity contribution in [2.75, 3.05) is 31.1 Å². The smallest absolute Gasteiger partial charge is 0.270 e. The van der Waals surface area contributed by atoms with E-state index in [9.17, 15) is 14.9 Å². The van der Waals surface area contributed by atoms with Crippen molar-refractivity contribution in [3.05, 3.63) is 64.3 Å². The summed E-state index contributed by atoms with van der Waals surface area (Å²) in [5.74, 6) is 0.696. The summed E-state index contributed by atoms with van der Waals surface area (Å²) in [5, 5.41) is 11.7. The van der Waals surface area contributed by atoms with E-state index in [1.165, 1.54) is 12.1 Å². The number of amides is 1. The molecule has 30 heavy (non-hydrogen) atoms. The van der Waals surface area contributed by atoms with Crippen molar-refractivity contribution in [3.8, 4) is 0 Å². The lowest BCUT2D eigenvalue weighted by atomic mass is 10.1. The van der Waals surface area contributed by atoms with Gasteiger partial charge in [0.15, 0.2) is 0 Å². The molecule has 2 N–H and O–H groups in total. The summed E-state index contributed by atoms with van der Waals surface area (Å²) in [4.78, 5) is 38.9. The summed E-state index contributed by atoms with van der Waals surface area (Å²) in [6.45, 7) is 2.63. The molecule has 152 valence electrons. The average Bonchev–Trinajstić information content (AvgIpc) is 3.29. The van der Waals surface area contributed by atoms with Crippen LogP contribution in [0, 0.1) is 10.1 Å². The van der Waals surface area contributed by atoms with Crippen molar-refractivity contribution in [3.63, 3.8) is 0 Å². The van der Waals surface area contributed by atoms with Gasteiger partial charge in [-0.25, -0.2) is 4.98 Å². The predicted octanol–water partition coefficient (Wildman–Crippen LogP) is 3.30. The monoisotopic (exact) mass is 404 g/mol. The number of nitro benzene ring substituents is 1. The van der Waals surface area contributed by atoms with Crippen LogP contribution in [0.1, 0.15) is 16.8 Å². The Kier molecular flexibility index (Phi) is 4.35. The Hall–Kier alpha value is -3.88. The van der Waals surface area contributed by atoms with Crippen LogP contribution >= 0.6 is 0 Å². The van der Waals surface area contributed by atoms with Crippen LogP contribution in [0.2, 0.25) is 0 Å². The Morgan fingerprint density at radius 2 is 1.93 bits per heavy atom. The lowest BCUT2D eigenvalue weighted by Crippen LogP contribution is -2.35. The van der Waals surface area contributed by atoms with Gasteiger partial charge in [-0.15, -0.1) is 0 Å². The fourth-order valence-corrected chi connectivity index (χ4v) is 3.99. The summed E-state index contributed by atoms with van der Waals surface area (Å²) in [6, 6.07) is 12.4. The third-order valence-corrected chi connectivity index (χ3v) is 5.57. The van der Waals surface area contributed by atoms with Crippen LogP contribution in [0.4, 0.5) is 11.6 Å². The van der Waals surface area contributed by atoms with E-state index < -0.39 is 4.92 Å². The van der Waals surface area contributed by atoms with E-state index in [0.717, 1.165) is 29.9 Å². The van der Waals surface area contributed by atoms with Crippen LogP contribution in [0.3, 0.4) is 0 Å². The normalized spacial score (nSPS) is 14.9. The fraction of sp³-hybridized carbons (Fsp3) is 0.238. The predicted molar refractivity (Wildman–Crippen MR) is 114 cm³/mol. The molecule has 0 unspecified atom stereocenters. The zero-order valence-corrected chi connectivity index (χ0v) is 16.2. The lowest BCUT2D eigenvalue weighted by molar-refractivity contribution is -0.384. The highest BCUT2D eigenvalue weighted by Crippen LogP contribution is 2.25. The van der Waals surface area contributed by atoms with Gasteiger partial charge in [-0.05, 0) is 24.6 Å². The molecule has 2 aromatic carbocycles. The molecular formula is C21H20N6O3. The van der Waals surface area contributed by atoms with Gasteiger partial charge in [-0.1, -0.05) is 12.1 Å². The van der Waals surface area contributed by atoms with Crippen LogP contribution < -0.4 is 4.90 Å². The third-order valence-electron chi connectivity index (χ3n) is 5.57.